The van der Waals surface area contributed by atoms with E-state index in [4.69, 9.17) is 9.15 Å². The van der Waals surface area contributed by atoms with E-state index >= 15 is 0 Å². The summed E-state index contributed by atoms with van der Waals surface area (Å²) in [5, 5.41) is 13.9. The molecule has 1 aliphatic heterocycles. The van der Waals surface area contributed by atoms with Crippen LogP contribution in [0.1, 0.15) is 39.5 Å². The number of oxazole rings is 1. The fourth-order valence-electron chi connectivity index (χ4n) is 2.84. The smallest absolute Gasteiger partial charge is 0.408 e. The number of benzene rings is 1. The van der Waals surface area contributed by atoms with Crippen LogP contribution in [-0.4, -0.2) is 40.0 Å². The van der Waals surface area contributed by atoms with Crippen LogP contribution in [0, 0.1) is 0 Å². The summed E-state index contributed by atoms with van der Waals surface area (Å²) < 4.78 is 11.3. The second kappa shape index (κ2) is 6.07. The number of carbonyl (C=O) groups excluding carboxylic acids is 1. The summed E-state index contributed by atoms with van der Waals surface area (Å²) in [6.07, 6.45) is 0.446. The summed E-state index contributed by atoms with van der Waals surface area (Å²) in [4.78, 5) is 16.9. The van der Waals surface area contributed by atoms with Gasteiger partial charge in [0.2, 0.25) is 5.89 Å². The Balaban J connectivity index is 1.92. The zero-order valence-electron chi connectivity index (χ0n) is 14.2. The van der Waals surface area contributed by atoms with E-state index in [1.54, 1.807) is 0 Å². The molecule has 1 fully saturated rings. The summed E-state index contributed by atoms with van der Waals surface area (Å²) in [7, 11) is 0. The number of rotatable bonds is 2. The molecule has 2 aromatic rings. The predicted molar refractivity (Wildman–Crippen MR) is 87.7 cm³/mol. The number of amides is 1. The Morgan fingerprint density at radius 1 is 1.33 bits per heavy atom. The first-order valence-electron chi connectivity index (χ1n) is 8.08. The number of nitrogens with one attached hydrogen (secondary N) is 1. The van der Waals surface area contributed by atoms with Crippen molar-refractivity contribution in [3.63, 3.8) is 0 Å². The predicted octanol–water partition coefficient (Wildman–Crippen LogP) is 3.03. The van der Waals surface area contributed by atoms with Gasteiger partial charge in [0.1, 0.15) is 16.7 Å². The van der Waals surface area contributed by atoms with Crippen LogP contribution in [0.2, 0.25) is 0 Å². The number of hydroxylamine groups is 2. The lowest BCUT2D eigenvalue weighted by molar-refractivity contribution is -0.121. The summed E-state index contributed by atoms with van der Waals surface area (Å²) >= 11 is 0. The van der Waals surface area contributed by atoms with Gasteiger partial charge in [-0.25, -0.2) is 9.78 Å². The molecule has 2 heterocycles. The third-order valence-electron chi connectivity index (χ3n) is 4.04. The Labute approximate surface area is 140 Å². The Morgan fingerprint density at radius 2 is 2.00 bits per heavy atom. The Kier molecular flexibility index (Phi) is 4.23. The van der Waals surface area contributed by atoms with Crippen LogP contribution < -0.4 is 5.32 Å². The fourth-order valence-corrected chi connectivity index (χ4v) is 2.84. The molecule has 1 aliphatic rings. The zero-order valence-corrected chi connectivity index (χ0v) is 14.2. The van der Waals surface area contributed by atoms with Crippen molar-refractivity contribution in [1.82, 2.24) is 15.4 Å². The van der Waals surface area contributed by atoms with E-state index in [1.165, 1.54) is 5.06 Å². The molecule has 0 atom stereocenters. The van der Waals surface area contributed by atoms with Crippen molar-refractivity contribution < 1.29 is 19.2 Å². The maximum atomic E-state index is 12.3. The molecule has 7 heteroatoms. The second-order valence-corrected chi connectivity index (χ2v) is 7.15. The Bertz CT molecular complexity index is 694. The lowest BCUT2D eigenvalue weighted by Crippen LogP contribution is -2.53. The van der Waals surface area contributed by atoms with Crippen molar-refractivity contribution in [2.45, 2.75) is 44.8 Å². The summed E-state index contributed by atoms with van der Waals surface area (Å²) in [5.74, 6) is 0.447. The van der Waals surface area contributed by atoms with Gasteiger partial charge in [-0.05, 0) is 45.7 Å². The van der Waals surface area contributed by atoms with Crippen LogP contribution in [0.3, 0.4) is 0 Å². The fraction of sp³-hybridized carbons (Fsp3) is 0.529. The monoisotopic (exact) mass is 333 g/mol. The molecule has 1 aromatic heterocycles. The molecular formula is C17H23N3O4. The molecule has 1 aromatic carbocycles. The molecule has 0 bridgehead atoms. The van der Waals surface area contributed by atoms with Gasteiger partial charge in [-0.1, -0.05) is 12.1 Å². The molecule has 0 saturated carbocycles. The summed E-state index contributed by atoms with van der Waals surface area (Å²) in [5.41, 5.74) is 0.0266. The Hall–Kier alpha value is -2.12. The third kappa shape index (κ3) is 3.52. The standard InChI is InChI=1S/C17H23N3O4/c1-16(2,3)24-15(21)19-17(8-10-20(22)11-9-17)14-18-12-6-4-5-7-13(12)23-14/h4-7,22H,8-11H2,1-3H3,(H,19,21). The van der Waals surface area contributed by atoms with Gasteiger partial charge in [-0.15, -0.1) is 0 Å². The molecule has 24 heavy (non-hydrogen) atoms. The first kappa shape index (κ1) is 16.7. The number of piperidine rings is 1. The van der Waals surface area contributed by atoms with Crippen LogP contribution >= 0.6 is 0 Å². The van der Waals surface area contributed by atoms with Gasteiger partial charge in [0.05, 0.1) is 0 Å². The maximum Gasteiger partial charge on any atom is 0.408 e. The highest BCUT2D eigenvalue weighted by Crippen LogP contribution is 2.34. The summed E-state index contributed by atoms with van der Waals surface area (Å²) in [6.45, 7) is 6.27. The molecule has 0 radical (unpaired) electrons. The quantitative estimate of drug-likeness (QED) is 0.878. The third-order valence-corrected chi connectivity index (χ3v) is 4.04. The van der Waals surface area contributed by atoms with Crippen molar-refractivity contribution in [1.29, 1.82) is 0 Å². The van der Waals surface area contributed by atoms with Gasteiger partial charge < -0.3 is 19.7 Å². The lowest BCUT2D eigenvalue weighted by Gasteiger charge is -2.38. The van der Waals surface area contributed by atoms with Crippen LogP contribution in [0.15, 0.2) is 28.7 Å². The molecule has 130 valence electrons. The highest BCUT2D eigenvalue weighted by Gasteiger charge is 2.42. The SMILES string of the molecule is CC(C)(C)OC(=O)NC1(c2nc3ccccc3o2)CCN(O)CC1. The highest BCUT2D eigenvalue weighted by molar-refractivity contribution is 5.73. The molecule has 1 amide bonds. The van der Waals surface area contributed by atoms with Gasteiger partial charge >= 0.3 is 6.09 Å². The van der Waals surface area contributed by atoms with Gasteiger partial charge in [-0.3, -0.25) is 0 Å². The first-order chi connectivity index (χ1) is 11.3. The van der Waals surface area contributed by atoms with Gasteiger partial charge in [0.15, 0.2) is 5.58 Å². The average Bonchev–Trinajstić information content (AvgIpc) is 2.92. The minimum absolute atomic E-state index is 0.411. The largest absolute Gasteiger partial charge is 0.444 e. The van der Waals surface area contributed by atoms with Crippen molar-refractivity contribution in [3.8, 4) is 0 Å². The molecule has 0 spiro atoms. The van der Waals surface area contributed by atoms with Crippen LogP contribution in [-0.2, 0) is 10.3 Å². The van der Waals surface area contributed by atoms with E-state index in [0.717, 1.165) is 5.52 Å². The van der Waals surface area contributed by atoms with Gasteiger partial charge in [0, 0.05) is 13.1 Å². The van der Waals surface area contributed by atoms with E-state index < -0.39 is 17.2 Å². The van der Waals surface area contributed by atoms with Crippen molar-refractivity contribution >= 4 is 17.2 Å². The van der Waals surface area contributed by atoms with Crippen LogP contribution in [0.5, 0.6) is 0 Å². The summed E-state index contributed by atoms with van der Waals surface area (Å²) in [6, 6.07) is 7.47. The number of fused-ring (bicyclic) bond motifs is 1. The molecule has 0 unspecified atom stereocenters. The topological polar surface area (TPSA) is 87.8 Å². The number of nitrogens with zero attached hydrogens (tertiary/aromatic N) is 2. The molecule has 2 N–H and O–H groups in total. The van der Waals surface area contributed by atoms with Crippen molar-refractivity contribution in [2.24, 2.45) is 0 Å². The number of alkyl carbamates (subject to hydrolysis) is 1. The van der Waals surface area contributed by atoms with Crippen molar-refractivity contribution in [2.75, 3.05) is 13.1 Å². The number of hydrogen-bond donors (Lipinski definition) is 2. The van der Waals surface area contributed by atoms with E-state index in [2.05, 4.69) is 10.3 Å². The number of para-hydroxylation sites is 2. The van der Waals surface area contributed by atoms with E-state index in [0.29, 0.717) is 37.4 Å². The van der Waals surface area contributed by atoms with E-state index in [-0.39, 0.29) is 0 Å². The molecule has 1 saturated heterocycles. The van der Waals surface area contributed by atoms with Crippen LogP contribution in [0.25, 0.3) is 11.1 Å². The maximum absolute atomic E-state index is 12.3. The number of aromatic nitrogens is 1. The number of carbonyl (C=O) groups is 1. The average molecular weight is 333 g/mol. The second-order valence-electron chi connectivity index (χ2n) is 7.15. The molecule has 3 rings (SSSR count). The molecule has 0 aliphatic carbocycles. The van der Waals surface area contributed by atoms with Crippen molar-refractivity contribution in [3.05, 3.63) is 30.2 Å². The number of ether oxygens (including phenoxy) is 1. The number of hydrogen-bond acceptors (Lipinski definition) is 6. The molecule has 7 nitrogen and oxygen atoms in total. The molecular weight excluding hydrogens is 310 g/mol. The normalized spacial score (nSPS) is 18.5. The first-order valence-corrected chi connectivity index (χ1v) is 8.08. The van der Waals surface area contributed by atoms with E-state index in [1.807, 2.05) is 45.0 Å². The van der Waals surface area contributed by atoms with Crippen LogP contribution in [0.4, 0.5) is 4.79 Å². The Morgan fingerprint density at radius 3 is 2.62 bits per heavy atom. The lowest BCUT2D eigenvalue weighted by atomic mass is 9.88. The zero-order chi connectivity index (χ0) is 17.4. The minimum Gasteiger partial charge on any atom is -0.444 e. The van der Waals surface area contributed by atoms with Gasteiger partial charge in [-0.2, -0.15) is 5.06 Å². The van der Waals surface area contributed by atoms with Gasteiger partial charge in [0.25, 0.3) is 0 Å². The highest BCUT2D eigenvalue weighted by atomic mass is 16.6. The van der Waals surface area contributed by atoms with E-state index in [9.17, 15) is 10.0 Å². The minimum atomic E-state index is -0.791.